The van der Waals surface area contributed by atoms with Crippen molar-refractivity contribution >= 4 is 6.09 Å². The van der Waals surface area contributed by atoms with Crippen molar-refractivity contribution in [2.45, 2.75) is 45.3 Å². The van der Waals surface area contributed by atoms with E-state index in [-0.39, 0.29) is 12.2 Å². The SMILES string of the molecule is CC(C)(C)OC(=O)N1CC2CCOC(C2)C1. The van der Waals surface area contributed by atoms with Gasteiger partial charge in [-0.15, -0.1) is 0 Å². The summed E-state index contributed by atoms with van der Waals surface area (Å²) in [6, 6.07) is 0. The lowest BCUT2D eigenvalue weighted by atomic mass is 9.91. The molecular formula is C12H21NO3. The Kier molecular flexibility index (Phi) is 3.10. The first-order chi connectivity index (χ1) is 7.44. The topological polar surface area (TPSA) is 38.8 Å². The van der Waals surface area contributed by atoms with Gasteiger partial charge in [-0.1, -0.05) is 0 Å². The summed E-state index contributed by atoms with van der Waals surface area (Å²) >= 11 is 0. The maximum atomic E-state index is 11.9. The fourth-order valence-electron chi connectivity index (χ4n) is 2.36. The molecule has 4 heteroatoms. The number of piperidine rings is 1. The van der Waals surface area contributed by atoms with Crippen LogP contribution in [-0.2, 0) is 9.47 Å². The van der Waals surface area contributed by atoms with Gasteiger partial charge in [-0.2, -0.15) is 0 Å². The molecule has 0 spiro atoms. The van der Waals surface area contributed by atoms with Gasteiger partial charge in [0.25, 0.3) is 0 Å². The lowest BCUT2D eigenvalue weighted by Gasteiger charge is -2.41. The first-order valence-corrected chi connectivity index (χ1v) is 6.03. The standard InChI is InChI=1S/C12H21NO3/c1-12(2,3)16-11(14)13-7-9-4-5-15-10(6-9)8-13/h9-10H,4-8H2,1-3H3. The summed E-state index contributed by atoms with van der Waals surface area (Å²) in [4.78, 5) is 13.7. The zero-order valence-electron chi connectivity index (χ0n) is 10.4. The van der Waals surface area contributed by atoms with E-state index in [9.17, 15) is 4.79 Å². The molecule has 2 aliphatic heterocycles. The van der Waals surface area contributed by atoms with Crippen molar-refractivity contribution in [1.82, 2.24) is 4.90 Å². The van der Waals surface area contributed by atoms with Crippen LogP contribution in [0.5, 0.6) is 0 Å². The molecule has 0 aliphatic carbocycles. The fraction of sp³-hybridized carbons (Fsp3) is 0.917. The second-order valence-corrected chi connectivity index (χ2v) is 5.77. The van der Waals surface area contributed by atoms with E-state index in [1.165, 1.54) is 0 Å². The Morgan fingerprint density at radius 2 is 2.12 bits per heavy atom. The zero-order valence-corrected chi connectivity index (χ0v) is 10.4. The number of fused-ring (bicyclic) bond motifs is 2. The molecule has 0 aromatic heterocycles. The molecule has 0 N–H and O–H groups in total. The third-order valence-electron chi connectivity index (χ3n) is 3.03. The smallest absolute Gasteiger partial charge is 0.410 e. The molecule has 0 radical (unpaired) electrons. The highest BCUT2D eigenvalue weighted by atomic mass is 16.6. The molecule has 0 saturated carbocycles. The van der Waals surface area contributed by atoms with Crippen molar-refractivity contribution < 1.29 is 14.3 Å². The van der Waals surface area contributed by atoms with Crippen LogP contribution in [0, 0.1) is 5.92 Å². The Labute approximate surface area is 96.9 Å². The minimum absolute atomic E-state index is 0.201. The Morgan fingerprint density at radius 3 is 2.75 bits per heavy atom. The molecule has 4 nitrogen and oxygen atoms in total. The lowest BCUT2D eigenvalue weighted by Crippen LogP contribution is -2.51. The molecule has 2 heterocycles. The molecule has 16 heavy (non-hydrogen) atoms. The van der Waals surface area contributed by atoms with Gasteiger partial charge < -0.3 is 14.4 Å². The molecule has 0 aromatic rings. The molecule has 2 rings (SSSR count). The molecule has 0 aromatic carbocycles. The van der Waals surface area contributed by atoms with Crippen LogP contribution in [0.1, 0.15) is 33.6 Å². The quantitative estimate of drug-likeness (QED) is 0.635. The van der Waals surface area contributed by atoms with Gasteiger partial charge in [0.05, 0.1) is 12.6 Å². The third kappa shape index (κ3) is 2.88. The maximum absolute atomic E-state index is 11.9. The van der Waals surface area contributed by atoms with Crippen LogP contribution in [0.4, 0.5) is 4.79 Å². The summed E-state index contributed by atoms with van der Waals surface area (Å²) in [6.45, 7) is 8.04. The van der Waals surface area contributed by atoms with Gasteiger partial charge >= 0.3 is 6.09 Å². The molecule has 2 aliphatic rings. The predicted octanol–water partition coefficient (Wildman–Crippen LogP) is 2.03. The number of rotatable bonds is 0. The molecule has 2 fully saturated rings. The van der Waals surface area contributed by atoms with Crippen molar-refractivity contribution in [2.24, 2.45) is 5.92 Å². The summed E-state index contributed by atoms with van der Waals surface area (Å²) < 4.78 is 11.0. The molecule has 2 saturated heterocycles. The van der Waals surface area contributed by atoms with Crippen LogP contribution < -0.4 is 0 Å². The Hall–Kier alpha value is -0.770. The van der Waals surface area contributed by atoms with Crippen molar-refractivity contribution in [3.8, 4) is 0 Å². The van der Waals surface area contributed by atoms with Crippen molar-refractivity contribution in [3.63, 3.8) is 0 Å². The molecule has 92 valence electrons. The van der Waals surface area contributed by atoms with Gasteiger partial charge in [-0.05, 0) is 39.5 Å². The van der Waals surface area contributed by atoms with Crippen molar-refractivity contribution in [2.75, 3.05) is 19.7 Å². The highest BCUT2D eigenvalue weighted by Crippen LogP contribution is 2.27. The lowest BCUT2D eigenvalue weighted by molar-refractivity contribution is -0.0688. The summed E-state index contributed by atoms with van der Waals surface area (Å²) in [5.41, 5.74) is -0.412. The van der Waals surface area contributed by atoms with Gasteiger partial charge in [-0.25, -0.2) is 4.79 Å². The monoisotopic (exact) mass is 227 g/mol. The largest absolute Gasteiger partial charge is 0.444 e. The van der Waals surface area contributed by atoms with Crippen LogP contribution in [0.3, 0.4) is 0 Å². The number of likely N-dealkylation sites (tertiary alicyclic amines) is 1. The highest BCUT2D eigenvalue weighted by molar-refractivity contribution is 5.68. The van der Waals surface area contributed by atoms with E-state index in [1.54, 1.807) is 4.90 Å². The molecular weight excluding hydrogens is 206 g/mol. The molecule has 1 amide bonds. The number of ether oxygens (including phenoxy) is 2. The van der Waals surface area contributed by atoms with Crippen LogP contribution >= 0.6 is 0 Å². The average Bonchev–Trinajstić information content (AvgIpc) is 2.14. The summed E-state index contributed by atoms with van der Waals surface area (Å²) in [7, 11) is 0. The summed E-state index contributed by atoms with van der Waals surface area (Å²) in [5.74, 6) is 0.597. The van der Waals surface area contributed by atoms with E-state index in [0.717, 1.165) is 26.0 Å². The van der Waals surface area contributed by atoms with Gasteiger partial charge in [-0.3, -0.25) is 0 Å². The Bertz CT molecular complexity index is 260. The fourth-order valence-corrected chi connectivity index (χ4v) is 2.36. The van der Waals surface area contributed by atoms with E-state index >= 15 is 0 Å². The first-order valence-electron chi connectivity index (χ1n) is 6.03. The molecule has 2 unspecified atom stereocenters. The summed E-state index contributed by atoms with van der Waals surface area (Å²) in [5, 5.41) is 0. The van der Waals surface area contributed by atoms with Crippen LogP contribution in [0.15, 0.2) is 0 Å². The molecule has 2 bridgehead atoms. The Morgan fingerprint density at radius 1 is 1.38 bits per heavy atom. The van der Waals surface area contributed by atoms with Gasteiger partial charge in [0.2, 0.25) is 0 Å². The summed E-state index contributed by atoms with van der Waals surface area (Å²) in [6.07, 6.45) is 2.18. The predicted molar refractivity (Wildman–Crippen MR) is 60.3 cm³/mol. The minimum Gasteiger partial charge on any atom is -0.444 e. The van der Waals surface area contributed by atoms with Crippen LogP contribution in [-0.4, -0.2) is 42.4 Å². The van der Waals surface area contributed by atoms with E-state index in [1.807, 2.05) is 20.8 Å². The van der Waals surface area contributed by atoms with E-state index in [0.29, 0.717) is 12.5 Å². The number of hydrogen-bond acceptors (Lipinski definition) is 3. The average molecular weight is 227 g/mol. The van der Waals surface area contributed by atoms with Gasteiger partial charge in [0, 0.05) is 13.2 Å². The maximum Gasteiger partial charge on any atom is 0.410 e. The molecule has 2 atom stereocenters. The normalized spacial score (nSPS) is 30.1. The van der Waals surface area contributed by atoms with Gasteiger partial charge in [0.1, 0.15) is 5.60 Å². The number of hydrogen-bond donors (Lipinski definition) is 0. The Balaban J connectivity index is 1.92. The number of carbonyl (C=O) groups is 1. The van der Waals surface area contributed by atoms with Crippen molar-refractivity contribution in [3.05, 3.63) is 0 Å². The van der Waals surface area contributed by atoms with E-state index in [2.05, 4.69) is 0 Å². The van der Waals surface area contributed by atoms with E-state index < -0.39 is 5.60 Å². The van der Waals surface area contributed by atoms with Crippen molar-refractivity contribution in [1.29, 1.82) is 0 Å². The number of carbonyl (C=O) groups excluding carboxylic acids is 1. The third-order valence-corrected chi connectivity index (χ3v) is 3.03. The number of nitrogens with zero attached hydrogens (tertiary/aromatic N) is 1. The first kappa shape index (κ1) is 11.7. The minimum atomic E-state index is -0.412. The van der Waals surface area contributed by atoms with Crippen LogP contribution in [0.2, 0.25) is 0 Å². The van der Waals surface area contributed by atoms with Gasteiger partial charge in [0.15, 0.2) is 0 Å². The second kappa shape index (κ2) is 4.24. The van der Waals surface area contributed by atoms with E-state index in [4.69, 9.17) is 9.47 Å². The number of amides is 1. The van der Waals surface area contributed by atoms with Crippen LogP contribution in [0.25, 0.3) is 0 Å². The second-order valence-electron chi connectivity index (χ2n) is 5.77. The highest BCUT2D eigenvalue weighted by Gasteiger charge is 2.35. The zero-order chi connectivity index (χ0) is 11.8.